The zero-order valence-electron chi connectivity index (χ0n) is 32.0. The van der Waals surface area contributed by atoms with E-state index in [0.29, 0.717) is 30.8 Å². The summed E-state index contributed by atoms with van der Waals surface area (Å²) < 4.78 is 11.7. The third-order valence-corrected chi connectivity index (χ3v) is 8.50. The van der Waals surface area contributed by atoms with Crippen molar-refractivity contribution in [1.29, 1.82) is 0 Å². The van der Waals surface area contributed by atoms with E-state index >= 15 is 0 Å². The average molecular weight is 814 g/mol. The number of amides is 2. The van der Waals surface area contributed by atoms with Gasteiger partial charge in [0.15, 0.2) is 0 Å². The number of likely N-dealkylation sites (tertiary alicyclic amines) is 2. The molecule has 17 heteroatoms. The molecule has 2 aromatic heterocycles. The molecule has 0 aliphatic carbocycles. The van der Waals surface area contributed by atoms with Crippen molar-refractivity contribution in [3.05, 3.63) is 53.0 Å². The van der Waals surface area contributed by atoms with Gasteiger partial charge in [-0.2, -0.15) is 9.59 Å². The van der Waals surface area contributed by atoms with Crippen LogP contribution in [0.4, 0.5) is 15.3 Å². The first-order valence-electron chi connectivity index (χ1n) is 17.8. The van der Waals surface area contributed by atoms with Crippen molar-refractivity contribution in [2.24, 2.45) is 19.8 Å². The number of aryl methyl sites for hydroxylation is 2. The van der Waals surface area contributed by atoms with Crippen molar-refractivity contribution in [1.82, 2.24) is 50.2 Å². The summed E-state index contributed by atoms with van der Waals surface area (Å²) in [6.45, 7) is 14.1. The highest BCUT2D eigenvalue weighted by Crippen LogP contribution is 2.22. The highest BCUT2D eigenvalue weighted by Gasteiger charge is 2.27. The molecule has 0 saturated carbocycles. The lowest BCUT2D eigenvalue weighted by Gasteiger charge is -2.34. The number of tetrazole rings is 2. The van der Waals surface area contributed by atoms with Crippen molar-refractivity contribution in [3.8, 4) is 22.8 Å². The normalized spacial score (nSPS) is 15.1. The van der Waals surface area contributed by atoms with E-state index in [-0.39, 0.29) is 25.7 Å². The molecule has 2 aliphatic rings. The van der Waals surface area contributed by atoms with E-state index in [1.807, 2.05) is 90.1 Å². The summed E-state index contributed by atoms with van der Waals surface area (Å²) in [6.07, 6.45) is 3.10. The first-order valence-corrected chi connectivity index (χ1v) is 18.6. The molecule has 2 aromatic carbocycles. The molecule has 0 unspecified atom stereocenters. The van der Waals surface area contributed by atoms with Crippen LogP contribution in [0.15, 0.2) is 53.0 Å². The van der Waals surface area contributed by atoms with Crippen LogP contribution in [-0.4, -0.2) is 112 Å². The molecule has 2 aliphatic heterocycles. The van der Waals surface area contributed by atoms with Gasteiger partial charge < -0.3 is 30.3 Å². The molecule has 0 spiro atoms. The Morgan fingerprint density at radius 2 is 1.09 bits per heavy atom. The van der Waals surface area contributed by atoms with Gasteiger partial charge in [0.1, 0.15) is 11.2 Å². The number of nitrogens with two attached hydrogens (primary N) is 1. The Kier molecular flexibility index (Phi) is 15.9. The maximum Gasteiger partial charge on any atom is 0.410 e. The van der Waals surface area contributed by atoms with E-state index < -0.39 is 11.2 Å². The van der Waals surface area contributed by atoms with Crippen LogP contribution in [-0.2, 0) is 23.6 Å². The fourth-order valence-corrected chi connectivity index (χ4v) is 5.56. The van der Waals surface area contributed by atoms with E-state index in [9.17, 15) is 9.59 Å². The summed E-state index contributed by atoms with van der Waals surface area (Å²) in [7, 11) is 3.49. The zero-order valence-corrected chi connectivity index (χ0v) is 33.6. The largest absolute Gasteiger partial charge is 0.444 e. The number of ether oxygens (including phenoxy) is 2. The monoisotopic (exact) mass is 812 g/mol. The van der Waals surface area contributed by atoms with Gasteiger partial charge in [-0.3, -0.25) is 0 Å². The highest BCUT2D eigenvalue weighted by atomic mass is 79.9. The molecular formula is C37H57BrN12O4. The molecule has 296 valence electrons. The minimum atomic E-state index is -0.452. The number of benzene rings is 2. The van der Waals surface area contributed by atoms with Crippen LogP contribution in [0, 0.1) is 0 Å². The number of hydrogen-bond donors (Lipinski definition) is 2. The summed E-state index contributed by atoms with van der Waals surface area (Å²) in [5.74, 6) is 1.26. The molecule has 54 heavy (non-hydrogen) atoms. The number of piperidine rings is 2. The Balaban J connectivity index is 0.000000237. The predicted molar refractivity (Wildman–Crippen MR) is 212 cm³/mol. The molecule has 0 radical (unpaired) electrons. The third-order valence-electron chi connectivity index (χ3n) is 7.97. The smallest absolute Gasteiger partial charge is 0.410 e. The maximum atomic E-state index is 12.1. The van der Waals surface area contributed by atoms with Crippen LogP contribution in [0.25, 0.3) is 22.8 Å². The number of carbonyl (C=O) groups is 2. The van der Waals surface area contributed by atoms with Crippen LogP contribution in [0.2, 0.25) is 0 Å². The van der Waals surface area contributed by atoms with Gasteiger partial charge in [0.05, 0.1) is 14.1 Å². The Labute approximate surface area is 327 Å². The molecule has 16 nitrogen and oxygen atoms in total. The lowest BCUT2D eigenvalue weighted by Crippen LogP contribution is -2.44. The van der Waals surface area contributed by atoms with E-state index in [2.05, 4.69) is 52.1 Å². The van der Waals surface area contributed by atoms with Crippen molar-refractivity contribution < 1.29 is 19.1 Å². The predicted octanol–water partition coefficient (Wildman–Crippen LogP) is 6.31. The number of rotatable bonds is 4. The van der Waals surface area contributed by atoms with Crippen LogP contribution in [0.5, 0.6) is 0 Å². The lowest BCUT2D eigenvalue weighted by molar-refractivity contribution is 0.0197. The lowest BCUT2D eigenvalue weighted by atomic mass is 10.0. The summed E-state index contributed by atoms with van der Waals surface area (Å²) >= 11 is 3.36. The third kappa shape index (κ3) is 14.6. The van der Waals surface area contributed by atoms with Crippen molar-refractivity contribution in [2.75, 3.05) is 31.5 Å². The first kappa shape index (κ1) is 43.8. The molecule has 0 bridgehead atoms. The molecule has 0 atom stereocenters. The minimum Gasteiger partial charge on any atom is -0.444 e. The van der Waals surface area contributed by atoms with Gasteiger partial charge in [0.2, 0.25) is 11.6 Å². The fourth-order valence-electron chi connectivity index (χ4n) is 5.29. The molecule has 3 N–H and O–H groups in total. The van der Waals surface area contributed by atoms with Crippen LogP contribution in [0.1, 0.15) is 74.7 Å². The van der Waals surface area contributed by atoms with Gasteiger partial charge in [0, 0.05) is 59.5 Å². The molecule has 4 aromatic rings. The van der Waals surface area contributed by atoms with Crippen LogP contribution < -0.4 is 11.1 Å². The molecular weight excluding hydrogens is 756 g/mol. The number of carbonyl (C=O) groups excluding carboxylic acids is 2. The van der Waals surface area contributed by atoms with Crippen LogP contribution in [0.3, 0.4) is 0 Å². The summed E-state index contributed by atoms with van der Waals surface area (Å²) in [4.78, 5) is 30.1. The number of halogens is 1. The van der Waals surface area contributed by atoms with Crippen LogP contribution >= 0.6 is 15.9 Å². The van der Waals surface area contributed by atoms with E-state index in [4.69, 9.17) is 15.2 Å². The SMILES string of the molecule is C.CC(C)(C)OC(=O)N1CCC(N)CC1.Cn1nnc(-c2ccc(Br)cc2)n1.Cn1nnc(-c2ccc(NC3CCN(C(=O)OC(C)(C)C)CC3)cc2)n1. The van der Waals surface area contributed by atoms with Gasteiger partial charge in [-0.15, -0.1) is 20.4 Å². The zero-order chi connectivity index (χ0) is 38.8. The first-order chi connectivity index (χ1) is 24.9. The quantitative estimate of drug-likeness (QED) is 0.235. The van der Waals surface area contributed by atoms with E-state index in [1.54, 1.807) is 23.9 Å². The molecule has 6 rings (SSSR count). The Morgan fingerprint density at radius 1 is 0.704 bits per heavy atom. The van der Waals surface area contributed by atoms with Crippen molar-refractivity contribution in [2.45, 2.75) is 97.9 Å². The van der Waals surface area contributed by atoms with Gasteiger partial charge >= 0.3 is 12.2 Å². The number of anilines is 1. The summed E-state index contributed by atoms with van der Waals surface area (Å²) in [5.41, 5.74) is 7.84. The van der Waals surface area contributed by atoms with Gasteiger partial charge in [0.25, 0.3) is 0 Å². The number of nitrogens with one attached hydrogen (secondary N) is 1. The Hall–Kier alpha value is -4.64. The average Bonchev–Trinajstić information content (AvgIpc) is 3.73. The molecule has 2 saturated heterocycles. The highest BCUT2D eigenvalue weighted by molar-refractivity contribution is 9.10. The van der Waals surface area contributed by atoms with Gasteiger partial charge in [-0.25, -0.2) is 9.59 Å². The van der Waals surface area contributed by atoms with Gasteiger partial charge in [-0.1, -0.05) is 23.4 Å². The standard InChI is InChI=1S/C18H26N6O2.C10H20N2O2.C8H7BrN4.CH4/c1-18(2,3)26-17(25)24-11-9-15(10-12-24)19-14-7-5-13(6-8-14)16-20-22-23(4)21-16;1-10(2,3)14-9(13)12-6-4-8(11)5-7-12;1-13-11-8(10-12-13)6-2-4-7(9)5-3-6;/h5-8,15,19H,9-12H2,1-4H3;8H,4-7,11H2,1-3H3;2-5H,1H3;1H4. The second kappa shape index (κ2) is 19.6. The summed E-state index contributed by atoms with van der Waals surface area (Å²) in [5, 5.41) is 27.3. The fraction of sp³-hybridized carbons (Fsp3) is 0.568. The topological polar surface area (TPSA) is 184 Å². The second-order valence-electron chi connectivity index (χ2n) is 15.0. The maximum absolute atomic E-state index is 12.1. The summed E-state index contributed by atoms with van der Waals surface area (Å²) in [6, 6.07) is 16.4. The Bertz CT molecular complexity index is 1730. The number of aromatic nitrogens is 8. The second-order valence-corrected chi connectivity index (χ2v) is 15.9. The molecule has 2 amide bonds. The van der Waals surface area contributed by atoms with E-state index in [0.717, 1.165) is 60.1 Å². The number of hydrogen-bond acceptors (Lipinski definition) is 12. The Morgan fingerprint density at radius 3 is 1.46 bits per heavy atom. The molecule has 4 heterocycles. The molecule has 2 fully saturated rings. The van der Waals surface area contributed by atoms with E-state index in [1.165, 1.54) is 9.59 Å². The van der Waals surface area contributed by atoms with Crippen molar-refractivity contribution >= 4 is 33.8 Å². The van der Waals surface area contributed by atoms with Crippen molar-refractivity contribution in [3.63, 3.8) is 0 Å². The number of nitrogens with zero attached hydrogens (tertiary/aromatic N) is 10. The van der Waals surface area contributed by atoms with Gasteiger partial charge in [-0.05, 0) is 126 Å². The minimum absolute atomic E-state index is 0.